The molecule has 5 N–H and O–H groups in total. The van der Waals surface area contributed by atoms with Gasteiger partial charge in [0.25, 0.3) is 0 Å². The number of alkyl carbamates (subject to hydrolysis) is 1. The van der Waals surface area contributed by atoms with Crippen LogP contribution in [0.3, 0.4) is 0 Å². The van der Waals surface area contributed by atoms with Gasteiger partial charge in [-0.2, -0.15) is 0 Å². The van der Waals surface area contributed by atoms with E-state index in [1.54, 1.807) is 0 Å². The molecule has 0 aliphatic rings. The van der Waals surface area contributed by atoms with Crippen molar-refractivity contribution >= 4 is 18.0 Å². The zero-order chi connectivity index (χ0) is 20.9. The lowest BCUT2D eigenvalue weighted by Gasteiger charge is -2.30. The van der Waals surface area contributed by atoms with Gasteiger partial charge in [-0.1, -0.05) is 30.3 Å². The van der Waals surface area contributed by atoms with Crippen LogP contribution in [-0.4, -0.2) is 75.3 Å². The van der Waals surface area contributed by atoms with E-state index in [0.717, 1.165) is 10.5 Å². The minimum Gasteiger partial charge on any atom is -0.480 e. The molecule has 1 unspecified atom stereocenters. The number of aliphatic hydroxyl groups is 2. The van der Waals surface area contributed by atoms with Gasteiger partial charge in [-0.05, 0) is 24.8 Å². The van der Waals surface area contributed by atoms with Crippen LogP contribution >= 0.6 is 0 Å². The Morgan fingerprint density at radius 2 is 1.61 bits per heavy atom. The molecule has 156 valence electrons. The third-order valence-corrected chi connectivity index (χ3v) is 3.90. The Kier molecular flexibility index (Phi) is 10.6. The standard InChI is InChI=1S/C18H26N2O8/c21-15(22)10-20(11-16(23)24)14(17(25)26)8-4-5-9-19-18(27)28-12-13-6-2-1-3-7-13/h1-3,6-7,14,17,25-26H,4-5,8-12H2,(H,19,27)(H,21,22)(H,23,24). The average Bonchev–Trinajstić information content (AvgIpc) is 2.62. The lowest BCUT2D eigenvalue weighted by Crippen LogP contribution is -2.48. The first kappa shape index (κ1) is 23.3. The number of unbranched alkanes of at least 4 members (excludes halogenated alkanes) is 1. The van der Waals surface area contributed by atoms with Crippen LogP contribution < -0.4 is 5.32 Å². The van der Waals surface area contributed by atoms with Crippen molar-refractivity contribution in [3.8, 4) is 0 Å². The van der Waals surface area contributed by atoms with Gasteiger partial charge in [0, 0.05) is 6.54 Å². The van der Waals surface area contributed by atoms with Crippen molar-refractivity contribution in [2.75, 3.05) is 19.6 Å². The number of carboxylic acids is 2. The molecule has 0 aliphatic carbocycles. The van der Waals surface area contributed by atoms with Crippen molar-refractivity contribution in [3.63, 3.8) is 0 Å². The van der Waals surface area contributed by atoms with E-state index in [-0.39, 0.29) is 19.6 Å². The molecule has 28 heavy (non-hydrogen) atoms. The van der Waals surface area contributed by atoms with Gasteiger partial charge in [-0.25, -0.2) is 4.79 Å². The van der Waals surface area contributed by atoms with Crippen LogP contribution in [0.25, 0.3) is 0 Å². The molecule has 1 rings (SSSR count). The summed E-state index contributed by atoms with van der Waals surface area (Å²) >= 11 is 0. The molecule has 1 aromatic rings. The van der Waals surface area contributed by atoms with Crippen LogP contribution in [0.15, 0.2) is 30.3 Å². The highest BCUT2D eigenvalue weighted by atomic mass is 16.5. The molecule has 0 bridgehead atoms. The number of rotatable bonds is 13. The maximum atomic E-state index is 11.6. The van der Waals surface area contributed by atoms with E-state index in [1.807, 2.05) is 30.3 Å². The highest BCUT2D eigenvalue weighted by Gasteiger charge is 2.27. The third kappa shape index (κ3) is 9.86. The highest BCUT2D eigenvalue weighted by Crippen LogP contribution is 2.12. The van der Waals surface area contributed by atoms with Crippen molar-refractivity contribution in [3.05, 3.63) is 35.9 Å². The average molecular weight is 398 g/mol. The smallest absolute Gasteiger partial charge is 0.407 e. The number of benzene rings is 1. The number of carboxylic acid groups (broad SMARTS) is 2. The second kappa shape index (κ2) is 12.7. The Labute approximate surface area is 162 Å². The summed E-state index contributed by atoms with van der Waals surface area (Å²) in [5, 5.41) is 39.2. The van der Waals surface area contributed by atoms with Crippen molar-refractivity contribution in [2.24, 2.45) is 0 Å². The largest absolute Gasteiger partial charge is 0.480 e. The van der Waals surface area contributed by atoms with Gasteiger partial charge in [0.15, 0.2) is 6.29 Å². The second-order valence-corrected chi connectivity index (χ2v) is 6.16. The summed E-state index contributed by atoms with van der Waals surface area (Å²) in [6, 6.07) is 8.13. The Morgan fingerprint density at radius 1 is 1.00 bits per heavy atom. The molecule has 0 aromatic heterocycles. The van der Waals surface area contributed by atoms with Crippen LogP contribution in [0.5, 0.6) is 0 Å². The fourth-order valence-electron chi connectivity index (χ4n) is 2.60. The summed E-state index contributed by atoms with van der Waals surface area (Å²) in [4.78, 5) is 34.4. The van der Waals surface area contributed by atoms with E-state index in [2.05, 4.69) is 5.32 Å². The first-order valence-corrected chi connectivity index (χ1v) is 8.78. The van der Waals surface area contributed by atoms with Gasteiger partial charge in [0.05, 0.1) is 19.1 Å². The minimum absolute atomic E-state index is 0.144. The van der Waals surface area contributed by atoms with Crippen LogP contribution in [0.1, 0.15) is 24.8 Å². The topological polar surface area (TPSA) is 157 Å². The van der Waals surface area contributed by atoms with E-state index in [0.29, 0.717) is 12.8 Å². The van der Waals surface area contributed by atoms with Gasteiger partial charge in [-0.3, -0.25) is 14.5 Å². The second-order valence-electron chi connectivity index (χ2n) is 6.16. The van der Waals surface area contributed by atoms with E-state index in [4.69, 9.17) is 14.9 Å². The van der Waals surface area contributed by atoms with Gasteiger partial charge in [0.1, 0.15) is 6.61 Å². The number of aliphatic hydroxyl groups excluding tert-OH is 1. The van der Waals surface area contributed by atoms with Gasteiger partial charge in [-0.15, -0.1) is 0 Å². The number of hydrogen-bond acceptors (Lipinski definition) is 7. The van der Waals surface area contributed by atoms with E-state index in [1.165, 1.54) is 0 Å². The number of nitrogens with one attached hydrogen (secondary N) is 1. The molecule has 0 spiro atoms. The van der Waals surface area contributed by atoms with Crippen molar-refractivity contribution in [2.45, 2.75) is 38.2 Å². The lowest BCUT2D eigenvalue weighted by atomic mass is 10.1. The molecular formula is C18H26N2O8. The third-order valence-electron chi connectivity index (χ3n) is 3.90. The SMILES string of the molecule is O=C(O)CN(CC(=O)O)C(CCCCNC(=O)OCc1ccccc1)C(O)O. The monoisotopic (exact) mass is 398 g/mol. The van der Waals surface area contributed by atoms with E-state index < -0.39 is 43.5 Å². The molecule has 1 amide bonds. The summed E-state index contributed by atoms with van der Waals surface area (Å²) in [7, 11) is 0. The van der Waals surface area contributed by atoms with E-state index >= 15 is 0 Å². The molecule has 0 aliphatic heterocycles. The number of hydrogen-bond donors (Lipinski definition) is 5. The number of nitrogens with zero attached hydrogens (tertiary/aromatic N) is 1. The Hall–Kier alpha value is -2.69. The van der Waals surface area contributed by atoms with Crippen LogP contribution in [0.4, 0.5) is 4.79 Å². The normalized spacial score (nSPS) is 12.0. The zero-order valence-corrected chi connectivity index (χ0v) is 15.4. The van der Waals surface area contributed by atoms with Crippen molar-refractivity contribution < 1.29 is 39.5 Å². The minimum atomic E-state index is -1.89. The summed E-state index contributed by atoms with van der Waals surface area (Å²) < 4.78 is 5.05. The molecule has 1 atom stereocenters. The summed E-state index contributed by atoms with van der Waals surface area (Å²) in [6.45, 7) is -0.832. The summed E-state index contributed by atoms with van der Waals surface area (Å²) in [5.74, 6) is -2.54. The molecule has 1 aromatic carbocycles. The molecule has 0 saturated carbocycles. The number of carbonyl (C=O) groups excluding carboxylic acids is 1. The molecule has 10 nitrogen and oxygen atoms in total. The molecule has 0 heterocycles. The first-order chi connectivity index (χ1) is 13.3. The fourth-order valence-corrected chi connectivity index (χ4v) is 2.60. The lowest BCUT2D eigenvalue weighted by molar-refractivity contribution is -0.149. The Morgan fingerprint density at radius 3 is 2.14 bits per heavy atom. The maximum Gasteiger partial charge on any atom is 0.407 e. The van der Waals surface area contributed by atoms with Gasteiger partial charge < -0.3 is 30.5 Å². The number of ether oxygens (including phenoxy) is 1. The van der Waals surface area contributed by atoms with Gasteiger partial charge >= 0.3 is 18.0 Å². The first-order valence-electron chi connectivity index (χ1n) is 8.78. The summed E-state index contributed by atoms with van der Waals surface area (Å²) in [5.41, 5.74) is 0.856. The number of aliphatic carboxylic acids is 2. The predicted octanol–water partition coefficient (Wildman–Crippen LogP) is 0.234. The molecule has 0 radical (unpaired) electrons. The van der Waals surface area contributed by atoms with Crippen molar-refractivity contribution in [1.82, 2.24) is 10.2 Å². The molecule has 0 saturated heterocycles. The Bertz CT molecular complexity index is 607. The zero-order valence-electron chi connectivity index (χ0n) is 15.4. The molecule has 10 heteroatoms. The fraction of sp³-hybridized carbons (Fsp3) is 0.500. The van der Waals surface area contributed by atoms with E-state index in [9.17, 15) is 24.6 Å². The quantitative estimate of drug-likeness (QED) is 0.232. The predicted molar refractivity (Wildman–Crippen MR) is 97.3 cm³/mol. The maximum absolute atomic E-state index is 11.6. The van der Waals surface area contributed by atoms with Crippen LogP contribution in [0.2, 0.25) is 0 Å². The molecule has 0 fully saturated rings. The van der Waals surface area contributed by atoms with Crippen LogP contribution in [0, 0.1) is 0 Å². The number of carbonyl (C=O) groups is 3. The molecular weight excluding hydrogens is 372 g/mol. The van der Waals surface area contributed by atoms with Crippen LogP contribution in [-0.2, 0) is 20.9 Å². The van der Waals surface area contributed by atoms with Crippen molar-refractivity contribution in [1.29, 1.82) is 0 Å². The van der Waals surface area contributed by atoms with Gasteiger partial charge in [0.2, 0.25) is 0 Å². The summed E-state index contributed by atoms with van der Waals surface area (Å²) in [6.07, 6.45) is -1.43. The Balaban J connectivity index is 2.34. The number of amides is 1. The highest BCUT2D eigenvalue weighted by molar-refractivity contribution is 5.72.